The molecule has 2 aromatic carbocycles. The Morgan fingerprint density at radius 1 is 1.09 bits per heavy atom. The molecule has 0 heterocycles. The van der Waals surface area contributed by atoms with E-state index in [1.807, 2.05) is 0 Å². The number of esters is 1. The molecule has 23 heavy (non-hydrogen) atoms. The van der Waals surface area contributed by atoms with Gasteiger partial charge >= 0.3 is 5.97 Å². The SMILES string of the molecule is O=C(COC(=O)c1ccc(F)c(Cl)c1)NCc1ccc(F)cc1. The fourth-order valence-corrected chi connectivity index (χ4v) is 1.87. The molecule has 0 atom stereocenters. The highest BCUT2D eigenvalue weighted by atomic mass is 35.5. The highest BCUT2D eigenvalue weighted by molar-refractivity contribution is 6.31. The summed E-state index contributed by atoms with van der Waals surface area (Å²) in [6.45, 7) is -0.311. The van der Waals surface area contributed by atoms with Crippen LogP contribution >= 0.6 is 11.6 Å². The lowest BCUT2D eigenvalue weighted by atomic mass is 10.2. The lowest BCUT2D eigenvalue weighted by molar-refractivity contribution is -0.124. The van der Waals surface area contributed by atoms with E-state index in [1.165, 1.54) is 30.3 Å². The van der Waals surface area contributed by atoms with Crippen molar-refractivity contribution in [1.82, 2.24) is 5.32 Å². The molecule has 120 valence electrons. The minimum atomic E-state index is -0.788. The topological polar surface area (TPSA) is 55.4 Å². The smallest absolute Gasteiger partial charge is 0.338 e. The molecule has 0 aliphatic heterocycles. The average Bonchev–Trinajstić information content (AvgIpc) is 2.54. The van der Waals surface area contributed by atoms with E-state index in [0.29, 0.717) is 5.56 Å². The maximum atomic E-state index is 13.0. The van der Waals surface area contributed by atoms with Gasteiger partial charge in [0, 0.05) is 6.54 Å². The molecule has 0 radical (unpaired) electrons. The molecular weight excluding hydrogens is 328 g/mol. The summed E-state index contributed by atoms with van der Waals surface area (Å²) in [4.78, 5) is 23.3. The fourth-order valence-electron chi connectivity index (χ4n) is 1.69. The van der Waals surface area contributed by atoms with E-state index in [4.69, 9.17) is 16.3 Å². The molecule has 4 nitrogen and oxygen atoms in total. The maximum absolute atomic E-state index is 13.0. The lowest BCUT2D eigenvalue weighted by Crippen LogP contribution is -2.28. The molecule has 0 spiro atoms. The van der Waals surface area contributed by atoms with Gasteiger partial charge in [-0.3, -0.25) is 4.79 Å². The van der Waals surface area contributed by atoms with Crippen LogP contribution < -0.4 is 5.32 Å². The van der Waals surface area contributed by atoms with Crippen molar-refractivity contribution in [2.45, 2.75) is 6.54 Å². The van der Waals surface area contributed by atoms with Crippen molar-refractivity contribution in [2.24, 2.45) is 0 Å². The number of halogens is 3. The van der Waals surface area contributed by atoms with E-state index in [2.05, 4.69) is 5.32 Å². The van der Waals surface area contributed by atoms with Crippen LogP contribution in [-0.2, 0) is 16.1 Å². The summed E-state index contributed by atoms with van der Waals surface area (Å²) in [6, 6.07) is 8.98. The van der Waals surface area contributed by atoms with E-state index in [-0.39, 0.29) is 22.9 Å². The normalized spacial score (nSPS) is 10.2. The first-order chi connectivity index (χ1) is 11.0. The van der Waals surface area contributed by atoms with Crippen LogP contribution in [0.4, 0.5) is 8.78 Å². The first-order valence-electron chi connectivity index (χ1n) is 6.59. The average molecular weight is 340 g/mol. The van der Waals surface area contributed by atoms with Gasteiger partial charge in [-0.15, -0.1) is 0 Å². The van der Waals surface area contributed by atoms with Gasteiger partial charge in [-0.2, -0.15) is 0 Å². The van der Waals surface area contributed by atoms with Crippen molar-refractivity contribution in [3.05, 3.63) is 70.2 Å². The number of carbonyl (C=O) groups excluding carboxylic acids is 2. The zero-order valence-corrected chi connectivity index (χ0v) is 12.6. The summed E-state index contributed by atoms with van der Waals surface area (Å²) in [6.07, 6.45) is 0. The van der Waals surface area contributed by atoms with Gasteiger partial charge in [-0.05, 0) is 35.9 Å². The summed E-state index contributed by atoms with van der Waals surface area (Å²) < 4.78 is 30.5. The van der Waals surface area contributed by atoms with Crippen LogP contribution in [0.5, 0.6) is 0 Å². The van der Waals surface area contributed by atoms with Crippen molar-refractivity contribution < 1.29 is 23.1 Å². The van der Waals surface area contributed by atoms with Crippen molar-refractivity contribution in [3.8, 4) is 0 Å². The number of amides is 1. The molecular formula is C16H12ClF2NO3. The molecule has 0 aromatic heterocycles. The van der Waals surface area contributed by atoms with Crippen molar-refractivity contribution in [1.29, 1.82) is 0 Å². The molecule has 2 aromatic rings. The van der Waals surface area contributed by atoms with Crippen molar-refractivity contribution >= 4 is 23.5 Å². The second-order valence-electron chi connectivity index (χ2n) is 4.61. The minimum Gasteiger partial charge on any atom is -0.452 e. The summed E-state index contributed by atoms with van der Waals surface area (Å²) in [5.74, 6) is -2.33. The Morgan fingerprint density at radius 2 is 1.78 bits per heavy atom. The molecule has 0 aliphatic carbocycles. The van der Waals surface area contributed by atoms with E-state index in [9.17, 15) is 18.4 Å². The third-order valence-corrected chi connectivity index (χ3v) is 3.18. The van der Waals surface area contributed by atoms with Crippen LogP contribution in [0, 0.1) is 11.6 Å². The Kier molecular flexibility index (Phi) is 5.65. The Labute approximate surface area is 136 Å². The molecule has 1 N–H and O–H groups in total. The van der Waals surface area contributed by atoms with E-state index in [0.717, 1.165) is 12.1 Å². The molecule has 0 unspecified atom stereocenters. The fraction of sp³-hybridized carbons (Fsp3) is 0.125. The van der Waals surface area contributed by atoms with Gasteiger partial charge < -0.3 is 10.1 Å². The van der Waals surface area contributed by atoms with Gasteiger partial charge in [0.25, 0.3) is 5.91 Å². The van der Waals surface area contributed by atoms with Gasteiger partial charge in [0.05, 0.1) is 10.6 Å². The zero-order chi connectivity index (χ0) is 16.8. The van der Waals surface area contributed by atoms with Gasteiger partial charge in [0.15, 0.2) is 6.61 Å². The number of rotatable bonds is 5. The van der Waals surface area contributed by atoms with Crippen LogP contribution in [0.3, 0.4) is 0 Å². The van der Waals surface area contributed by atoms with Crippen LogP contribution in [0.2, 0.25) is 5.02 Å². The molecule has 0 bridgehead atoms. The quantitative estimate of drug-likeness (QED) is 0.852. The Morgan fingerprint density at radius 3 is 2.43 bits per heavy atom. The predicted octanol–water partition coefficient (Wildman–Crippen LogP) is 3.09. The number of nitrogens with one attached hydrogen (secondary N) is 1. The summed E-state index contributed by atoms with van der Waals surface area (Å²) in [5, 5.41) is 2.31. The monoisotopic (exact) mass is 339 g/mol. The van der Waals surface area contributed by atoms with Crippen LogP contribution in [0.1, 0.15) is 15.9 Å². The third kappa shape index (κ3) is 5.03. The summed E-state index contributed by atoms with van der Waals surface area (Å²) >= 11 is 5.56. The standard InChI is InChI=1S/C16H12ClF2NO3/c17-13-7-11(3-6-14(13)19)16(22)23-9-15(21)20-8-10-1-4-12(18)5-2-10/h1-7H,8-9H2,(H,20,21). The largest absolute Gasteiger partial charge is 0.452 e. The molecule has 0 aliphatic rings. The third-order valence-electron chi connectivity index (χ3n) is 2.89. The number of hydrogen-bond acceptors (Lipinski definition) is 3. The highest BCUT2D eigenvalue weighted by Crippen LogP contribution is 2.16. The van der Waals surface area contributed by atoms with Crippen molar-refractivity contribution in [2.75, 3.05) is 6.61 Å². The molecule has 1 amide bonds. The van der Waals surface area contributed by atoms with Crippen LogP contribution in [0.15, 0.2) is 42.5 Å². The van der Waals surface area contributed by atoms with Gasteiger partial charge in [0.1, 0.15) is 11.6 Å². The lowest BCUT2D eigenvalue weighted by Gasteiger charge is -2.07. The number of hydrogen-bond donors (Lipinski definition) is 1. The maximum Gasteiger partial charge on any atom is 0.338 e. The predicted molar refractivity (Wildman–Crippen MR) is 79.9 cm³/mol. The van der Waals surface area contributed by atoms with Gasteiger partial charge in [-0.25, -0.2) is 13.6 Å². The van der Waals surface area contributed by atoms with E-state index < -0.39 is 24.3 Å². The molecule has 7 heteroatoms. The van der Waals surface area contributed by atoms with Crippen molar-refractivity contribution in [3.63, 3.8) is 0 Å². The number of carbonyl (C=O) groups is 2. The second kappa shape index (κ2) is 7.69. The summed E-state index contributed by atoms with van der Waals surface area (Å²) in [7, 11) is 0. The molecule has 2 rings (SSSR count). The van der Waals surface area contributed by atoms with Crippen LogP contribution in [-0.4, -0.2) is 18.5 Å². The number of benzene rings is 2. The van der Waals surface area contributed by atoms with Gasteiger partial charge in [-0.1, -0.05) is 23.7 Å². The minimum absolute atomic E-state index is 0.0442. The van der Waals surface area contributed by atoms with Gasteiger partial charge in [0.2, 0.25) is 0 Å². The highest BCUT2D eigenvalue weighted by Gasteiger charge is 2.12. The zero-order valence-electron chi connectivity index (χ0n) is 11.8. The van der Waals surface area contributed by atoms with Crippen LogP contribution in [0.25, 0.3) is 0 Å². The van der Waals surface area contributed by atoms with E-state index >= 15 is 0 Å². The molecule has 0 fully saturated rings. The number of ether oxygens (including phenoxy) is 1. The first kappa shape index (κ1) is 16.9. The molecule has 0 saturated heterocycles. The Hall–Kier alpha value is -2.47. The Balaban J connectivity index is 1.80. The Bertz CT molecular complexity index is 720. The first-order valence-corrected chi connectivity index (χ1v) is 6.97. The summed E-state index contributed by atoms with van der Waals surface area (Å²) in [5.41, 5.74) is 0.749. The molecule has 0 saturated carbocycles. The second-order valence-corrected chi connectivity index (χ2v) is 5.02. The van der Waals surface area contributed by atoms with E-state index in [1.54, 1.807) is 0 Å².